The SMILES string of the molecule is CSCc1ncc(CBr)c(=O)[nH]1. The van der Waals surface area contributed by atoms with Crippen LogP contribution in [0.15, 0.2) is 11.0 Å². The number of H-pyrrole nitrogens is 1. The van der Waals surface area contributed by atoms with E-state index in [4.69, 9.17) is 0 Å². The zero-order valence-corrected chi connectivity index (χ0v) is 9.04. The van der Waals surface area contributed by atoms with Crippen LogP contribution in [-0.4, -0.2) is 16.2 Å². The number of hydrogen-bond acceptors (Lipinski definition) is 3. The normalized spacial score (nSPS) is 10.2. The van der Waals surface area contributed by atoms with Gasteiger partial charge in [-0.15, -0.1) is 0 Å². The minimum atomic E-state index is -0.0501. The van der Waals surface area contributed by atoms with Crippen molar-refractivity contribution in [2.75, 3.05) is 6.26 Å². The molecule has 1 N–H and O–H groups in total. The Labute approximate surface area is 83.1 Å². The van der Waals surface area contributed by atoms with Gasteiger partial charge in [-0.25, -0.2) is 4.98 Å². The number of thioether (sulfide) groups is 1. The molecule has 0 saturated carbocycles. The minimum Gasteiger partial charge on any atom is -0.310 e. The van der Waals surface area contributed by atoms with Crippen molar-refractivity contribution in [2.24, 2.45) is 0 Å². The molecular formula is C7H9BrN2OS. The number of nitrogens with zero attached hydrogens (tertiary/aromatic N) is 1. The third kappa shape index (κ3) is 2.35. The largest absolute Gasteiger partial charge is 0.310 e. The summed E-state index contributed by atoms with van der Waals surface area (Å²) >= 11 is 4.84. The maximum atomic E-state index is 11.2. The second-order valence-electron chi connectivity index (χ2n) is 2.25. The Morgan fingerprint density at radius 2 is 2.50 bits per heavy atom. The fourth-order valence-corrected chi connectivity index (χ4v) is 1.58. The number of hydrogen-bond donors (Lipinski definition) is 1. The van der Waals surface area contributed by atoms with Crippen LogP contribution in [0.3, 0.4) is 0 Å². The lowest BCUT2D eigenvalue weighted by Crippen LogP contribution is -2.14. The first kappa shape index (κ1) is 9.80. The molecule has 1 aromatic rings. The summed E-state index contributed by atoms with van der Waals surface area (Å²) in [6.45, 7) is 0. The third-order valence-electron chi connectivity index (χ3n) is 1.35. The fourth-order valence-electron chi connectivity index (χ4n) is 0.763. The molecule has 0 fully saturated rings. The number of alkyl halides is 1. The van der Waals surface area contributed by atoms with Crippen molar-refractivity contribution in [1.82, 2.24) is 9.97 Å². The molecule has 1 heterocycles. The molecule has 0 aliphatic heterocycles. The molecule has 12 heavy (non-hydrogen) atoms. The summed E-state index contributed by atoms with van der Waals surface area (Å²) in [4.78, 5) is 18.0. The zero-order chi connectivity index (χ0) is 8.97. The summed E-state index contributed by atoms with van der Waals surface area (Å²) in [5, 5.41) is 0.550. The number of rotatable bonds is 3. The van der Waals surface area contributed by atoms with Gasteiger partial charge in [0, 0.05) is 17.1 Å². The van der Waals surface area contributed by atoms with Crippen molar-refractivity contribution in [3.05, 3.63) is 27.9 Å². The van der Waals surface area contributed by atoms with Crippen LogP contribution in [0.25, 0.3) is 0 Å². The molecule has 1 rings (SSSR count). The molecule has 66 valence electrons. The standard InChI is InChI=1S/C7H9BrN2OS/c1-12-4-6-9-3-5(2-8)7(11)10-6/h3H,2,4H2,1H3,(H,9,10,11). The molecule has 0 aliphatic rings. The van der Waals surface area contributed by atoms with Gasteiger partial charge < -0.3 is 4.98 Å². The molecule has 3 nitrogen and oxygen atoms in total. The molecular weight excluding hydrogens is 240 g/mol. The van der Waals surface area contributed by atoms with Gasteiger partial charge in [-0.05, 0) is 6.26 Å². The molecule has 0 saturated heterocycles. The number of halogens is 1. The second-order valence-corrected chi connectivity index (χ2v) is 3.68. The molecule has 0 aliphatic carbocycles. The molecule has 1 aromatic heterocycles. The molecule has 0 aromatic carbocycles. The lowest BCUT2D eigenvalue weighted by Gasteiger charge is -1.98. The maximum absolute atomic E-state index is 11.2. The van der Waals surface area contributed by atoms with E-state index >= 15 is 0 Å². The third-order valence-corrected chi connectivity index (χ3v) is 2.52. The summed E-state index contributed by atoms with van der Waals surface area (Å²) in [5.41, 5.74) is 0.616. The summed E-state index contributed by atoms with van der Waals surface area (Å²) in [6.07, 6.45) is 3.58. The van der Waals surface area contributed by atoms with Crippen LogP contribution >= 0.6 is 27.7 Å². The van der Waals surface area contributed by atoms with Gasteiger partial charge in [0.2, 0.25) is 0 Å². The monoisotopic (exact) mass is 248 g/mol. The number of aromatic amines is 1. The van der Waals surface area contributed by atoms with E-state index in [1.54, 1.807) is 18.0 Å². The van der Waals surface area contributed by atoms with Crippen molar-refractivity contribution in [1.29, 1.82) is 0 Å². The first-order valence-corrected chi connectivity index (χ1v) is 5.91. The van der Waals surface area contributed by atoms with Crippen LogP contribution in [0.5, 0.6) is 0 Å². The lowest BCUT2D eigenvalue weighted by atomic mass is 10.4. The van der Waals surface area contributed by atoms with Crippen LogP contribution in [-0.2, 0) is 11.1 Å². The van der Waals surface area contributed by atoms with Gasteiger partial charge in [-0.1, -0.05) is 15.9 Å². The van der Waals surface area contributed by atoms with Crippen LogP contribution in [0.1, 0.15) is 11.4 Å². The predicted molar refractivity (Wildman–Crippen MR) is 54.7 cm³/mol. The van der Waals surface area contributed by atoms with Crippen LogP contribution in [0, 0.1) is 0 Å². The average Bonchev–Trinajstić information content (AvgIpc) is 2.05. The van der Waals surface area contributed by atoms with Gasteiger partial charge in [0.1, 0.15) is 5.82 Å². The van der Waals surface area contributed by atoms with Crippen LogP contribution in [0.4, 0.5) is 0 Å². The summed E-state index contributed by atoms with van der Waals surface area (Å²) in [6, 6.07) is 0. The van der Waals surface area contributed by atoms with Crippen molar-refractivity contribution < 1.29 is 0 Å². The van der Waals surface area contributed by atoms with Crippen molar-refractivity contribution in [3.63, 3.8) is 0 Å². The van der Waals surface area contributed by atoms with Crippen molar-refractivity contribution in [2.45, 2.75) is 11.1 Å². The maximum Gasteiger partial charge on any atom is 0.254 e. The average molecular weight is 249 g/mol. The Hall–Kier alpha value is -0.290. The quantitative estimate of drug-likeness (QED) is 0.826. The van der Waals surface area contributed by atoms with Crippen LogP contribution < -0.4 is 5.56 Å². The highest BCUT2D eigenvalue weighted by Crippen LogP contribution is 2.02. The summed E-state index contributed by atoms with van der Waals surface area (Å²) < 4.78 is 0. The molecule has 0 atom stereocenters. The Morgan fingerprint density at radius 3 is 3.00 bits per heavy atom. The van der Waals surface area contributed by atoms with Gasteiger partial charge in [-0.3, -0.25) is 4.79 Å². The second kappa shape index (κ2) is 4.67. The van der Waals surface area contributed by atoms with Gasteiger partial charge in [0.05, 0.1) is 5.75 Å². The van der Waals surface area contributed by atoms with Gasteiger partial charge >= 0.3 is 0 Å². The number of aromatic nitrogens is 2. The van der Waals surface area contributed by atoms with E-state index in [0.717, 1.165) is 11.6 Å². The zero-order valence-electron chi connectivity index (χ0n) is 6.63. The number of nitrogens with one attached hydrogen (secondary N) is 1. The highest BCUT2D eigenvalue weighted by molar-refractivity contribution is 9.08. The van der Waals surface area contributed by atoms with E-state index in [0.29, 0.717) is 10.9 Å². The topological polar surface area (TPSA) is 45.8 Å². The van der Waals surface area contributed by atoms with Gasteiger partial charge in [0.25, 0.3) is 5.56 Å². The smallest absolute Gasteiger partial charge is 0.254 e. The highest BCUT2D eigenvalue weighted by atomic mass is 79.9. The molecule has 5 heteroatoms. The van der Waals surface area contributed by atoms with Gasteiger partial charge in [0.15, 0.2) is 0 Å². The molecule has 0 unspecified atom stereocenters. The summed E-state index contributed by atoms with van der Waals surface area (Å²) in [7, 11) is 0. The molecule has 0 bridgehead atoms. The Bertz CT molecular complexity index is 313. The van der Waals surface area contributed by atoms with Gasteiger partial charge in [-0.2, -0.15) is 11.8 Å². The van der Waals surface area contributed by atoms with E-state index in [9.17, 15) is 4.79 Å². The van der Waals surface area contributed by atoms with E-state index in [-0.39, 0.29) is 5.56 Å². The first-order chi connectivity index (χ1) is 5.77. The van der Waals surface area contributed by atoms with E-state index < -0.39 is 0 Å². The Morgan fingerprint density at radius 1 is 1.75 bits per heavy atom. The molecule has 0 radical (unpaired) electrons. The summed E-state index contributed by atoms with van der Waals surface area (Å²) in [5.74, 6) is 1.48. The van der Waals surface area contributed by atoms with E-state index in [1.807, 2.05) is 6.26 Å². The van der Waals surface area contributed by atoms with Crippen LogP contribution in [0.2, 0.25) is 0 Å². The predicted octanol–water partition coefficient (Wildman–Crippen LogP) is 1.53. The minimum absolute atomic E-state index is 0.0501. The Balaban J connectivity index is 2.94. The molecule has 0 amide bonds. The lowest BCUT2D eigenvalue weighted by molar-refractivity contribution is 0.977. The fraction of sp³-hybridized carbons (Fsp3) is 0.429. The van der Waals surface area contributed by atoms with Crippen molar-refractivity contribution >= 4 is 27.7 Å². The van der Waals surface area contributed by atoms with Crippen molar-refractivity contribution in [3.8, 4) is 0 Å². The van der Waals surface area contributed by atoms with E-state index in [2.05, 4.69) is 25.9 Å². The first-order valence-electron chi connectivity index (χ1n) is 3.40. The highest BCUT2D eigenvalue weighted by Gasteiger charge is 1.99. The molecule has 0 spiro atoms. The van der Waals surface area contributed by atoms with E-state index in [1.165, 1.54) is 0 Å². The Kier molecular flexibility index (Phi) is 3.81.